The van der Waals surface area contributed by atoms with Crippen molar-refractivity contribution in [2.75, 3.05) is 38.5 Å². The lowest BCUT2D eigenvalue weighted by Crippen LogP contribution is -2.57. The zero-order valence-corrected chi connectivity index (χ0v) is 18.9. The summed E-state index contributed by atoms with van der Waals surface area (Å²) in [4.78, 5) is 6.74. The molecule has 1 saturated carbocycles. The van der Waals surface area contributed by atoms with Gasteiger partial charge in [-0.05, 0) is 40.0 Å². The second-order valence-electron chi connectivity index (χ2n) is 7.37. The standard InChI is InChI=1S/C17H33N3O3S.HI/c1-4-18-16(19-10-7-12-23-15-8-5-6-9-15)20-11-13-24(21,22)17(2,3)14-20;/h15H,4-14H2,1-3H3,(H,18,19);1H. The molecule has 0 atom stereocenters. The van der Waals surface area contributed by atoms with E-state index in [0.717, 1.165) is 25.5 Å². The molecule has 25 heavy (non-hydrogen) atoms. The monoisotopic (exact) mass is 487 g/mol. The Bertz CT molecular complexity index is 531. The third-order valence-corrected chi connectivity index (χ3v) is 7.43. The number of hydrogen-bond acceptors (Lipinski definition) is 4. The molecule has 0 spiro atoms. The molecular weight excluding hydrogens is 453 g/mol. The van der Waals surface area contributed by atoms with Crippen LogP contribution in [0.25, 0.3) is 0 Å². The maximum atomic E-state index is 12.2. The van der Waals surface area contributed by atoms with Crippen LogP contribution >= 0.6 is 24.0 Å². The third kappa shape index (κ3) is 6.53. The van der Waals surface area contributed by atoms with Gasteiger partial charge in [0, 0.05) is 32.8 Å². The van der Waals surface area contributed by atoms with E-state index in [9.17, 15) is 8.42 Å². The van der Waals surface area contributed by atoms with E-state index in [1.54, 1.807) is 13.8 Å². The molecule has 1 aliphatic carbocycles. The molecule has 0 radical (unpaired) electrons. The first-order chi connectivity index (χ1) is 11.4. The smallest absolute Gasteiger partial charge is 0.193 e. The van der Waals surface area contributed by atoms with E-state index in [0.29, 0.717) is 25.7 Å². The van der Waals surface area contributed by atoms with Crippen molar-refractivity contribution in [2.45, 2.75) is 63.7 Å². The van der Waals surface area contributed by atoms with Gasteiger partial charge in [-0.3, -0.25) is 4.99 Å². The van der Waals surface area contributed by atoms with Crippen LogP contribution in [0.1, 0.15) is 52.9 Å². The fourth-order valence-electron chi connectivity index (χ4n) is 3.30. The number of ether oxygens (including phenoxy) is 1. The van der Waals surface area contributed by atoms with E-state index in [-0.39, 0.29) is 29.7 Å². The zero-order chi connectivity index (χ0) is 17.6. The van der Waals surface area contributed by atoms with Crippen LogP contribution in [0.15, 0.2) is 4.99 Å². The van der Waals surface area contributed by atoms with Crippen LogP contribution in [0.5, 0.6) is 0 Å². The number of halogens is 1. The summed E-state index contributed by atoms with van der Waals surface area (Å²) < 4.78 is 29.4. The summed E-state index contributed by atoms with van der Waals surface area (Å²) in [6.07, 6.45) is 6.34. The van der Waals surface area contributed by atoms with Gasteiger partial charge < -0.3 is 15.0 Å². The highest BCUT2D eigenvalue weighted by Gasteiger charge is 2.40. The topological polar surface area (TPSA) is 71.0 Å². The Hall–Kier alpha value is -0.0900. The Morgan fingerprint density at radius 2 is 2.00 bits per heavy atom. The van der Waals surface area contributed by atoms with E-state index >= 15 is 0 Å². The molecule has 6 nitrogen and oxygen atoms in total. The molecule has 1 N–H and O–H groups in total. The Morgan fingerprint density at radius 1 is 1.32 bits per heavy atom. The van der Waals surface area contributed by atoms with E-state index in [1.165, 1.54) is 25.7 Å². The average molecular weight is 487 g/mol. The molecule has 2 aliphatic rings. The molecule has 0 amide bonds. The van der Waals surface area contributed by atoms with Gasteiger partial charge in [-0.25, -0.2) is 8.42 Å². The van der Waals surface area contributed by atoms with Crippen LogP contribution in [0, 0.1) is 0 Å². The van der Waals surface area contributed by atoms with Crippen molar-refractivity contribution in [1.82, 2.24) is 10.2 Å². The van der Waals surface area contributed by atoms with Gasteiger partial charge in [-0.15, -0.1) is 24.0 Å². The summed E-state index contributed by atoms with van der Waals surface area (Å²) in [5, 5.41) is 3.29. The van der Waals surface area contributed by atoms with Gasteiger partial charge in [0.1, 0.15) is 0 Å². The summed E-state index contributed by atoms with van der Waals surface area (Å²) in [5.74, 6) is 1.01. The minimum Gasteiger partial charge on any atom is -0.378 e. The predicted molar refractivity (Wildman–Crippen MR) is 114 cm³/mol. The van der Waals surface area contributed by atoms with Gasteiger partial charge in [0.25, 0.3) is 0 Å². The van der Waals surface area contributed by atoms with Crippen molar-refractivity contribution in [3.8, 4) is 0 Å². The Balaban J connectivity index is 0.00000312. The second-order valence-corrected chi connectivity index (χ2v) is 10.1. The molecule has 0 bridgehead atoms. The second kappa shape index (κ2) is 10.3. The number of nitrogens with zero attached hydrogens (tertiary/aromatic N) is 2. The first-order valence-electron chi connectivity index (χ1n) is 9.23. The highest BCUT2D eigenvalue weighted by Crippen LogP contribution is 2.24. The van der Waals surface area contributed by atoms with E-state index in [4.69, 9.17) is 4.74 Å². The minimum atomic E-state index is -3.03. The number of aliphatic imine (C=N–C) groups is 1. The van der Waals surface area contributed by atoms with Crippen LogP contribution in [0.2, 0.25) is 0 Å². The summed E-state index contributed by atoms with van der Waals surface area (Å²) >= 11 is 0. The molecule has 0 aromatic heterocycles. The molecule has 1 aliphatic heterocycles. The van der Waals surface area contributed by atoms with E-state index in [2.05, 4.69) is 15.2 Å². The Morgan fingerprint density at radius 3 is 2.60 bits per heavy atom. The first-order valence-corrected chi connectivity index (χ1v) is 10.9. The largest absolute Gasteiger partial charge is 0.378 e. The molecule has 2 fully saturated rings. The highest BCUT2D eigenvalue weighted by atomic mass is 127. The van der Waals surface area contributed by atoms with Gasteiger partial charge in [-0.1, -0.05) is 12.8 Å². The molecule has 8 heteroatoms. The maximum Gasteiger partial charge on any atom is 0.193 e. The summed E-state index contributed by atoms with van der Waals surface area (Å²) in [6.45, 7) is 8.87. The van der Waals surface area contributed by atoms with Gasteiger partial charge >= 0.3 is 0 Å². The predicted octanol–water partition coefficient (Wildman–Crippen LogP) is 2.43. The van der Waals surface area contributed by atoms with Crippen molar-refractivity contribution < 1.29 is 13.2 Å². The fraction of sp³-hybridized carbons (Fsp3) is 0.941. The van der Waals surface area contributed by atoms with Crippen LogP contribution in [-0.2, 0) is 14.6 Å². The van der Waals surface area contributed by atoms with E-state index < -0.39 is 14.6 Å². The van der Waals surface area contributed by atoms with Gasteiger partial charge in [0.15, 0.2) is 15.8 Å². The molecular formula is C17H34IN3O3S. The zero-order valence-electron chi connectivity index (χ0n) is 15.8. The highest BCUT2D eigenvalue weighted by molar-refractivity contribution is 14.0. The third-order valence-electron chi connectivity index (χ3n) is 4.90. The van der Waals surface area contributed by atoms with Crippen molar-refractivity contribution in [3.63, 3.8) is 0 Å². The SMILES string of the molecule is CCNC(=NCCCOC1CCCC1)N1CCS(=O)(=O)C(C)(C)C1.I. The quantitative estimate of drug-likeness (QED) is 0.270. The van der Waals surface area contributed by atoms with Crippen LogP contribution < -0.4 is 5.32 Å². The lowest BCUT2D eigenvalue weighted by atomic mass is 10.2. The molecule has 148 valence electrons. The minimum absolute atomic E-state index is 0. The summed E-state index contributed by atoms with van der Waals surface area (Å²) in [5.41, 5.74) is 0. The van der Waals surface area contributed by atoms with Gasteiger partial charge in [-0.2, -0.15) is 0 Å². The molecule has 0 aromatic rings. The van der Waals surface area contributed by atoms with Crippen molar-refractivity contribution in [2.24, 2.45) is 4.99 Å². The van der Waals surface area contributed by atoms with Crippen LogP contribution in [0.3, 0.4) is 0 Å². The normalized spacial score (nSPS) is 23.3. The van der Waals surface area contributed by atoms with Crippen molar-refractivity contribution >= 4 is 39.8 Å². The Kier molecular flexibility index (Phi) is 9.45. The van der Waals surface area contributed by atoms with Crippen LogP contribution in [-0.4, -0.2) is 68.7 Å². The number of sulfone groups is 1. The first kappa shape index (κ1) is 23.0. The lowest BCUT2D eigenvalue weighted by Gasteiger charge is -2.39. The molecule has 1 heterocycles. The molecule has 1 saturated heterocycles. The molecule has 0 aromatic carbocycles. The van der Waals surface area contributed by atoms with Crippen LogP contribution in [0.4, 0.5) is 0 Å². The Labute approximate surface area is 170 Å². The molecule has 2 rings (SSSR count). The average Bonchev–Trinajstić information content (AvgIpc) is 3.02. The van der Waals surface area contributed by atoms with Gasteiger partial charge in [0.05, 0.1) is 16.6 Å². The summed E-state index contributed by atoms with van der Waals surface area (Å²) in [6, 6.07) is 0. The fourth-order valence-corrected chi connectivity index (χ4v) is 4.67. The lowest BCUT2D eigenvalue weighted by molar-refractivity contribution is 0.0579. The van der Waals surface area contributed by atoms with Crippen molar-refractivity contribution in [1.29, 1.82) is 0 Å². The summed E-state index contributed by atoms with van der Waals surface area (Å²) in [7, 11) is -3.03. The number of guanidine groups is 1. The van der Waals surface area contributed by atoms with E-state index in [1.807, 2.05) is 6.92 Å². The number of nitrogens with one attached hydrogen (secondary N) is 1. The number of rotatable bonds is 6. The van der Waals surface area contributed by atoms with Crippen molar-refractivity contribution in [3.05, 3.63) is 0 Å². The molecule has 0 unspecified atom stereocenters. The maximum absolute atomic E-state index is 12.2. The number of hydrogen-bond donors (Lipinski definition) is 1. The van der Waals surface area contributed by atoms with Gasteiger partial charge in [0.2, 0.25) is 0 Å².